The van der Waals surface area contributed by atoms with Crippen LogP contribution < -0.4 is 15.2 Å². The number of pyridine rings is 1. The van der Waals surface area contributed by atoms with Gasteiger partial charge in [-0.25, -0.2) is 4.98 Å². The van der Waals surface area contributed by atoms with Crippen molar-refractivity contribution < 1.29 is 13.9 Å². The van der Waals surface area contributed by atoms with Crippen LogP contribution in [0.2, 0.25) is 5.02 Å². The lowest BCUT2D eigenvalue weighted by Crippen LogP contribution is -2.36. The molecule has 0 N–H and O–H groups in total. The lowest BCUT2D eigenvalue weighted by atomic mass is 9.95. The van der Waals surface area contributed by atoms with Crippen molar-refractivity contribution in [3.63, 3.8) is 0 Å². The van der Waals surface area contributed by atoms with Gasteiger partial charge in [-0.3, -0.25) is 4.79 Å². The van der Waals surface area contributed by atoms with Crippen molar-refractivity contribution in [2.45, 2.75) is 38.2 Å². The summed E-state index contributed by atoms with van der Waals surface area (Å²) in [6, 6.07) is 11.8. The molecular weight excluding hydrogens is 492 g/mol. The topological polar surface area (TPSA) is 93.5 Å². The van der Waals surface area contributed by atoms with E-state index in [1.54, 1.807) is 13.1 Å². The number of fused-ring (bicyclic) bond motifs is 2. The lowest BCUT2D eigenvalue weighted by Gasteiger charge is -2.34. The van der Waals surface area contributed by atoms with Gasteiger partial charge in [0, 0.05) is 43.9 Å². The molecule has 2 aromatic heterocycles. The average molecular weight is 519 g/mol. The zero-order valence-corrected chi connectivity index (χ0v) is 21.5. The first-order valence-corrected chi connectivity index (χ1v) is 12.9. The number of anilines is 1. The van der Waals surface area contributed by atoms with Crippen molar-refractivity contribution in [1.82, 2.24) is 9.55 Å². The maximum absolute atomic E-state index is 13.2. The molecule has 0 unspecified atom stereocenters. The summed E-state index contributed by atoms with van der Waals surface area (Å²) in [6.07, 6.45) is 2.31. The fourth-order valence-electron chi connectivity index (χ4n) is 5.41. The van der Waals surface area contributed by atoms with E-state index in [0.717, 1.165) is 47.2 Å². The maximum atomic E-state index is 13.2. The molecule has 4 heterocycles. The summed E-state index contributed by atoms with van der Waals surface area (Å²) >= 11 is 6.66. The Hall–Kier alpha value is -3.54. The fraction of sp³-hybridized carbons (Fsp3) is 0.393. The van der Waals surface area contributed by atoms with Crippen molar-refractivity contribution in [3.05, 3.63) is 62.7 Å². The van der Waals surface area contributed by atoms with E-state index in [9.17, 15) is 10.1 Å². The highest BCUT2D eigenvalue weighted by Gasteiger charge is 2.29. The number of rotatable bonds is 4. The summed E-state index contributed by atoms with van der Waals surface area (Å²) in [6.45, 7) is 4.53. The second kappa shape index (κ2) is 9.40. The molecule has 0 aliphatic carbocycles. The summed E-state index contributed by atoms with van der Waals surface area (Å²) in [4.78, 5) is 20.1. The second-order valence-corrected chi connectivity index (χ2v) is 10.3. The molecule has 2 aliphatic rings. The zero-order chi connectivity index (χ0) is 25.7. The van der Waals surface area contributed by atoms with Gasteiger partial charge in [0.1, 0.15) is 29.0 Å². The Labute approximate surface area is 219 Å². The molecule has 8 nitrogen and oxygen atoms in total. The Kier molecular flexibility index (Phi) is 6.06. The molecule has 0 amide bonds. The molecule has 0 radical (unpaired) electrons. The maximum Gasteiger partial charge on any atom is 0.270 e. The van der Waals surface area contributed by atoms with Crippen molar-refractivity contribution in [2.75, 3.05) is 31.2 Å². The molecule has 0 saturated carbocycles. The number of aryl methyl sites for hydroxylation is 2. The number of nitrogens with zero attached hydrogens (tertiary/aromatic N) is 4. The first kappa shape index (κ1) is 23.8. The molecule has 6 rings (SSSR count). The predicted octanol–water partition coefficient (Wildman–Crippen LogP) is 5.06. The van der Waals surface area contributed by atoms with Crippen LogP contribution in [0, 0.1) is 18.3 Å². The van der Waals surface area contributed by atoms with Gasteiger partial charge in [-0.05, 0) is 43.5 Å². The van der Waals surface area contributed by atoms with Gasteiger partial charge in [0.2, 0.25) is 0 Å². The molecule has 2 fully saturated rings. The van der Waals surface area contributed by atoms with Crippen molar-refractivity contribution >= 4 is 39.3 Å². The van der Waals surface area contributed by atoms with E-state index in [1.807, 2.05) is 31.2 Å². The molecule has 2 aliphatic heterocycles. The fourth-order valence-corrected chi connectivity index (χ4v) is 5.62. The molecule has 2 aromatic carbocycles. The molecule has 9 heteroatoms. The largest absolute Gasteiger partial charge is 0.486 e. The van der Waals surface area contributed by atoms with E-state index >= 15 is 0 Å². The summed E-state index contributed by atoms with van der Waals surface area (Å²) in [5.41, 5.74) is 3.91. The van der Waals surface area contributed by atoms with E-state index < -0.39 is 0 Å². The number of halogens is 1. The summed E-state index contributed by atoms with van der Waals surface area (Å²) < 4.78 is 19.1. The number of hydrogen-bond acceptors (Lipinski definition) is 7. The number of piperidine rings is 1. The Balaban J connectivity index is 1.34. The van der Waals surface area contributed by atoms with Gasteiger partial charge in [-0.2, -0.15) is 5.26 Å². The highest BCUT2D eigenvalue weighted by atomic mass is 35.5. The molecule has 37 heavy (non-hydrogen) atoms. The third-order valence-electron chi connectivity index (χ3n) is 7.44. The van der Waals surface area contributed by atoms with E-state index in [0.29, 0.717) is 48.3 Å². The summed E-state index contributed by atoms with van der Waals surface area (Å²) in [5.74, 6) is 1.43. The number of aromatic nitrogens is 2. The Morgan fingerprint density at radius 1 is 1.19 bits per heavy atom. The predicted molar refractivity (Wildman–Crippen MR) is 142 cm³/mol. The molecular formula is C28H27ClN4O4. The minimum atomic E-state index is -0.334. The number of benzene rings is 2. The van der Waals surface area contributed by atoms with Crippen LogP contribution in [0.5, 0.6) is 5.75 Å². The summed E-state index contributed by atoms with van der Waals surface area (Å²) in [5, 5.41) is 11.2. The van der Waals surface area contributed by atoms with E-state index in [1.165, 1.54) is 4.57 Å². The number of hydrogen-bond donors (Lipinski definition) is 0. The smallest absolute Gasteiger partial charge is 0.270 e. The van der Waals surface area contributed by atoms with Gasteiger partial charge >= 0.3 is 0 Å². The SMILES string of the molecule is Cc1ccc2oc(C3CCN(c4c(C#N)c(=O)n(C)c5cc(O[C@@H]6CCOC6)c(Cl)cc45)CC3)nc2c1. The summed E-state index contributed by atoms with van der Waals surface area (Å²) in [7, 11) is 1.67. The van der Waals surface area contributed by atoms with Crippen LogP contribution in [-0.4, -0.2) is 42.0 Å². The van der Waals surface area contributed by atoms with Gasteiger partial charge in [0.05, 0.1) is 29.4 Å². The van der Waals surface area contributed by atoms with Gasteiger partial charge in [0.15, 0.2) is 11.5 Å². The van der Waals surface area contributed by atoms with Crippen LogP contribution in [0.25, 0.3) is 22.0 Å². The second-order valence-electron chi connectivity index (χ2n) is 9.89. The minimum absolute atomic E-state index is 0.0698. The normalized spacial score (nSPS) is 18.5. The van der Waals surface area contributed by atoms with Crippen LogP contribution in [0.4, 0.5) is 5.69 Å². The van der Waals surface area contributed by atoms with Gasteiger partial charge in [0.25, 0.3) is 5.56 Å². The standard InChI is InChI=1S/C28H27ClN4O4/c1-16-3-4-24-22(11-16)31-27(37-24)17-5-8-33(9-6-17)26-19-12-21(29)25(36-18-7-10-35-15-18)13-23(19)32(2)28(34)20(26)14-30/h3-4,11-13,17-18H,5-10,15H2,1-2H3/t18-/m1/s1. The lowest BCUT2D eigenvalue weighted by molar-refractivity contribution is 0.141. The van der Waals surface area contributed by atoms with Crippen LogP contribution in [0.1, 0.15) is 42.2 Å². The van der Waals surface area contributed by atoms with Gasteiger partial charge in [-0.15, -0.1) is 0 Å². The molecule has 1 atom stereocenters. The minimum Gasteiger partial charge on any atom is -0.486 e. The highest BCUT2D eigenvalue weighted by molar-refractivity contribution is 6.33. The third kappa shape index (κ3) is 4.22. The van der Waals surface area contributed by atoms with Crippen LogP contribution >= 0.6 is 11.6 Å². The van der Waals surface area contributed by atoms with E-state index in [2.05, 4.69) is 11.0 Å². The van der Waals surface area contributed by atoms with E-state index in [4.69, 9.17) is 30.5 Å². The quantitative estimate of drug-likeness (QED) is 0.372. The Bertz CT molecular complexity index is 1610. The molecule has 0 bridgehead atoms. The Morgan fingerprint density at radius 2 is 2.00 bits per heavy atom. The number of oxazole rings is 1. The molecule has 2 saturated heterocycles. The zero-order valence-electron chi connectivity index (χ0n) is 20.8. The van der Waals surface area contributed by atoms with Crippen LogP contribution in [-0.2, 0) is 11.8 Å². The average Bonchev–Trinajstić information content (AvgIpc) is 3.57. The third-order valence-corrected chi connectivity index (χ3v) is 7.73. The van der Waals surface area contributed by atoms with Crippen molar-refractivity contribution in [3.8, 4) is 11.8 Å². The molecule has 190 valence electrons. The molecule has 0 spiro atoms. The van der Waals surface area contributed by atoms with Crippen LogP contribution in [0.3, 0.4) is 0 Å². The van der Waals surface area contributed by atoms with Crippen molar-refractivity contribution in [1.29, 1.82) is 5.26 Å². The highest BCUT2D eigenvalue weighted by Crippen LogP contribution is 2.39. The number of ether oxygens (including phenoxy) is 2. The monoisotopic (exact) mass is 518 g/mol. The first-order chi connectivity index (χ1) is 17.9. The molecule has 4 aromatic rings. The van der Waals surface area contributed by atoms with Crippen LogP contribution in [0.15, 0.2) is 39.5 Å². The van der Waals surface area contributed by atoms with Gasteiger partial charge < -0.3 is 23.4 Å². The number of nitriles is 1. The van der Waals surface area contributed by atoms with Crippen molar-refractivity contribution in [2.24, 2.45) is 7.05 Å². The Morgan fingerprint density at radius 3 is 2.73 bits per heavy atom. The first-order valence-electron chi connectivity index (χ1n) is 12.6. The van der Waals surface area contributed by atoms with E-state index in [-0.39, 0.29) is 23.1 Å². The van der Waals surface area contributed by atoms with Gasteiger partial charge in [-0.1, -0.05) is 17.7 Å².